The zero-order valence-corrected chi connectivity index (χ0v) is 15.5. The Balaban J connectivity index is 1.46. The van der Waals surface area contributed by atoms with Gasteiger partial charge in [-0.15, -0.1) is 0 Å². The maximum absolute atomic E-state index is 12.6. The summed E-state index contributed by atoms with van der Waals surface area (Å²) in [4.78, 5) is 16.9. The first-order valence-corrected chi connectivity index (χ1v) is 9.39. The van der Waals surface area contributed by atoms with Crippen LogP contribution in [0.25, 0.3) is 0 Å². The highest BCUT2D eigenvalue weighted by molar-refractivity contribution is 5.94. The van der Waals surface area contributed by atoms with E-state index in [4.69, 9.17) is 4.74 Å². The van der Waals surface area contributed by atoms with E-state index in [9.17, 15) is 18.0 Å². The Kier molecular flexibility index (Phi) is 6.39. The molecule has 2 saturated heterocycles. The largest absolute Gasteiger partial charge is 0.416 e. The van der Waals surface area contributed by atoms with Gasteiger partial charge in [-0.1, -0.05) is 0 Å². The lowest BCUT2D eigenvalue weighted by atomic mass is 10.1. The van der Waals surface area contributed by atoms with Crippen molar-refractivity contribution in [2.45, 2.75) is 38.1 Å². The molecule has 2 aliphatic heterocycles. The second kappa shape index (κ2) is 8.58. The summed E-state index contributed by atoms with van der Waals surface area (Å²) < 4.78 is 43.5. The number of halogens is 3. The van der Waals surface area contributed by atoms with Crippen LogP contribution in [0.2, 0.25) is 0 Å². The number of anilines is 1. The van der Waals surface area contributed by atoms with Crippen LogP contribution in [0.1, 0.15) is 25.3 Å². The van der Waals surface area contributed by atoms with Crippen molar-refractivity contribution in [1.29, 1.82) is 0 Å². The van der Waals surface area contributed by atoms with Gasteiger partial charge < -0.3 is 10.1 Å². The number of nitrogens with one attached hydrogen (secondary N) is 1. The predicted octanol–water partition coefficient (Wildman–Crippen LogP) is 2.83. The zero-order valence-electron chi connectivity index (χ0n) is 15.5. The van der Waals surface area contributed by atoms with Gasteiger partial charge in [-0.05, 0) is 44.0 Å². The summed E-state index contributed by atoms with van der Waals surface area (Å²) in [6.07, 6.45) is -1.80. The van der Waals surface area contributed by atoms with Crippen molar-refractivity contribution in [3.05, 3.63) is 29.8 Å². The normalized spacial score (nSPS) is 23.3. The summed E-state index contributed by atoms with van der Waals surface area (Å²) in [5.41, 5.74) is -0.354. The molecule has 0 aromatic heterocycles. The number of ether oxygens (including phenoxy) is 1. The summed E-state index contributed by atoms with van der Waals surface area (Å²) in [6, 6.07) is 4.19. The number of carbonyl (C=O) groups is 1. The highest BCUT2D eigenvalue weighted by Gasteiger charge is 2.30. The second-order valence-electron chi connectivity index (χ2n) is 7.21. The van der Waals surface area contributed by atoms with E-state index in [-0.39, 0.29) is 11.9 Å². The molecule has 2 aliphatic rings. The van der Waals surface area contributed by atoms with E-state index in [1.165, 1.54) is 12.1 Å². The molecule has 0 unspecified atom stereocenters. The molecule has 1 aromatic rings. The van der Waals surface area contributed by atoms with Gasteiger partial charge in [-0.3, -0.25) is 14.6 Å². The minimum Gasteiger partial charge on any atom is -0.377 e. The summed E-state index contributed by atoms with van der Waals surface area (Å²) >= 11 is 0. The number of rotatable bonds is 5. The number of alkyl halides is 3. The number of amides is 1. The molecule has 0 spiro atoms. The number of carbonyl (C=O) groups excluding carboxylic acids is 1. The first-order valence-electron chi connectivity index (χ1n) is 9.39. The van der Waals surface area contributed by atoms with Gasteiger partial charge in [0, 0.05) is 45.0 Å². The number of hydrogen-bond donors (Lipinski definition) is 1. The Hall–Kier alpha value is -1.64. The van der Waals surface area contributed by atoms with E-state index in [0.717, 1.165) is 64.3 Å². The van der Waals surface area contributed by atoms with Crippen molar-refractivity contribution in [1.82, 2.24) is 9.80 Å². The van der Waals surface area contributed by atoms with Crippen LogP contribution in [0, 0.1) is 0 Å². The van der Waals surface area contributed by atoms with Gasteiger partial charge in [-0.25, -0.2) is 0 Å². The number of piperazine rings is 1. The first kappa shape index (κ1) is 20.1. The fraction of sp³-hybridized carbons (Fsp3) is 0.632. The van der Waals surface area contributed by atoms with Crippen LogP contribution in [0.5, 0.6) is 0 Å². The molecule has 2 fully saturated rings. The van der Waals surface area contributed by atoms with Crippen LogP contribution >= 0.6 is 0 Å². The Morgan fingerprint density at radius 1 is 1.22 bits per heavy atom. The molecular weight excluding hydrogens is 359 g/mol. The van der Waals surface area contributed by atoms with Gasteiger partial charge >= 0.3 is 6.18 Å². The lowest BCUT2D eigenvalue weighted by Crippen LogP contribution is -2.53. The minimum absolute atomic E-state index is 0.206. The smallest absolute Gasteiger partial charge is 0.377 e. The molecule has 1 aromatic carbocycles. The SMILES string of the molecule is C[C@H](C(=O)Nc1ccc(C(F)(F)F)cc1)N1CCN(C[C@H]2CCCO2)CC1. The van der Waals surface area contributed by atoms with Crippen LogP contribution in [-0.4, -0.2) is 67.2 Å². The monoisotopic (exact) mass is 385 g/mol. The van der Waals surface area contributed by atoms with Crippen molar-refractivity contribution in [3.63, 3.8) is 0 Å². The van der Waals surface area contributed by atoms with Crippen molar-refractivity contribution in [3.8, 4) is 0 Å². The highest BCUT2D eigenvalue weighted by Crippen LogP contribution is 2.29. The minimum atomic E-state index is -4.38. The van der Waals surface area contributed by atoms with E-state index in [1.54, 1.807) is 0 Å². The van der Waals surface area contributed by atoms with Gasteiger partial charge in [0.05, 0.1) is 17.7 Å². The number of benzene rings is 1. The molecule has 0 bridgehead atoms. The van der Waals surface area contributed by atoms with E-state index in [0.29, 0.717) is 11.8 Å². The summed E-state index contributed by atoms with van der Waals surface area (Å²) in [7, 11) is 0. The van der Waals surface area contributed by atoms with Gasteiger partial charge in [0.2, 0.25) is 5.91 Å². The van der Waals surface area contributed by atoms with Gasteiger partial charge in [-0.2, -0.15) is 13.2 Å². The third kappa shape index (κ3) is 5.43. The molecular formula is C19H26F3N3O2. The van der Waals surface area contributed by atoms with Crippen LogP contribution < -0.4 is 5.32 Å². The molecule has 2 atom stereocenters. The Morgan fingerprint density at radius 2 is 1.89 bits per heavy atom. The molecule has 8 heteroatoms. The number of nitrogens with zero attached hydrogens (tertiary/aromatic N) is 2. The van der Waals surface area contributed by atoms with Crippen LogP contribution in [-0.2, 0) is 15.7 Å². The molecule has 1 amide bonds. The average Bonchev–Trinajstić information content (AvgIpc) is 3.14. The van der Waals surface area contributed by atoms with Crippen molar-refractivity contribution >= 4 is 11.6 Å². The van der Waals surface area contributed by atoms with Crippen LogP contribution in [0.15, 0.2) is 24.3 Å². The topological polar surface area (TPSA) is 44.8 Å². The standard InChI is InChI=1S/C19H26F3N3O2/c1-14(18(26)23-16-6-4-15(5-7-16)19(20,21)22)25-10-8-24(9-11-25)13-17-3-2-12-27-17/h4-7,14,17H,2-3,8-13H2,1H3,(H,23,26)/t14-,17-/m1/s1. The lowest BCUT2D eigenvalue weighted by molar-refractivity contribution is -0.137. The summed E-state index contributed by atoms with van der Waals surface area (Å²) in [5.74, 6) is -0.206. The molecule has 1 N–H and O–H groups in total. The van der Waals surface area contributed by atoms with E-state index < -0.39 is 11.7 Å². The van der Waals surface area contributed by atoms with Crippen molar-refractivity contribution in [2.24, 2.45) is 0 Å². The third-order valence-corrected chi connectivity index (χ3v) is 5.30. The van der Waals surface area contributed by atoms with Gasteiger partial charge in [0.25, 0.3) is 0 Å². The maximum Gasteiger partial charge on any atom is 0.416 e. The molecule has 150 valence electrons. The average molecular weight is 385 g/mol. The van der Waals surface area contributed by atoms with E-state index in [2.05, 4.69) is 15.1 Å². The van der Waals surface area contributed by atoms with Gasteiger partial charge in [0.1, 0.15) is 0 Å². The van der Waals surface area contributed by atoms with Gasteiger partial charge in [0.15, 0.2) is 0 Å². The van der Waals surface area contributed by atoms with Crippen LogP contribution in [0.3, 0.4) is 0 Å². The Morgan fingerprint density at radius 3 is 2.44 bits per heavy atom. The van der Waals surface area contributed by atoms with Crippen LogP contribution in [0.4, 0.5) is 18.9 Å². The quantitative estimate of drug-likeness (QED) is 0.847. The molecule has 3 rings (SSSR count). The summed E-state index contributed by atoms with van der Waals surface area (Å²) in [6.45, 7) is 6.97. The molecule has 0 radical (unpaired) electrons. The van der Waals surface area contributed by atoms with Crippen molar-refractivity contribution in [2.75, 3.05) is 44.6 Å². The fourth-order valence-corrected chi connectivity index (χ4v) is 3.56. The molecule has 2 heterocycles. The second-order valence-corrected chi connectivity index (χ2v) is 7.21. The zero-order chi connectivity index (χ0) is 19.4. The first-order chi connectivity index (χ1) is 12.8. The van der Waals surface area contributed by atoms with E-state index >= 15 is 0 Å². The summed E-state index contributed by atoms with van der Waals surface area (Å²) in [5, 5.41) is 2.71. The Bertz CT molecular complexity index is 622. The molecule has 5 nitrogen and oxygen atoms in total. The third-order valence-electron chi connectivity index (χ3n) is 5.30. The Labute approximate surface area is 157 Å². The molecule has 27 heavy (non-hydrogen) atoms. The predicted molar refractivity (Wildman–Crippen MR) is 96.5 cm³/mol. The maximum atomic E-state index is 12.6. The molecule has 0 aliphatic carbocycles. The van der Waals surface area contributed by atoms with Crippen molar-refractivity contribution < 1.29 is 22.7 Å². The number of hydrogen-bond acceptors (Lipinski definition) is 4. The highest BCUT2D eigenvalue weighted by atomic mass is 19.4. The fourth-order valence-electron chi connectivity index (χ4n) is 3.56. The lowest BCUT2D eigenvalue weighted by Gasteiger charge is -2.38. The van der Waals surface area contributed by atoms with E-state index in [1.807, 2.05) is 6.92 Å². The molecule has 0 saturated carbocycles.